The number of nitrogens with one attached hydrogen (secondary N) is 1. The van der Waals surface area contributed by atoms with Crippen molar-refractivity contribution in [2.45, 2.75) is 6.42 Å². The summed E-state index contributed by atoms with van der Waals surface area (Å²) in [4.78, 5) is 22.1. The summed E-state index contributed by atoms with van der Waals surface area (Å²) in [6, 6.07) is 0. The second kappa shape index (κ2) is 2.05. The molecule has 3 heteroatoms. The van der Waals surface area contributed by atoms with Crippen LogP contribution in [-0.2, 0) is 9.59 Å². The number of hydrogen-bond donors (Lipinski definition) is 1. The van der Waals surface area contributed by atoms with Gasteiger partial charge in [0.2, 0.25) is 0 Å². The van der Waals surface area contributed by atoms with Crippen LogP contribution in [0.25, 0.3) is 0 Å². The van der Waals surface area contributed by atoms with E-state index in [0.29, 0.717) is 17.7 Å². The second-order valence-corrected chi connectivity index (χ2v) is 2.63. The maximum Gasteiger partial charge on any atom is 0.171 e. The van der Waals surface area contributed by atoms with Crippen molar-refractivity contribution in [1.29, 1.82) is 0 Å². The first kappa shape index (κ1) is 6.34. The molecule has 0 fully saturated rings. The summed E-state index contributed by atoms with van der Waals surface area (Å²) < 4.78 is 0. The van der Waals surface area contributed by atoms with Crippen molar-refractivity contribution < 1.29 is 9.59 Å². The van der Waals surface area contributed by atoms with Gasteiger partial charge in [-0.1, -0.05) is 0 Å². The third kappa shape index (κ3) is 0.808. The fourth-order valence-corrected chi connectivity index (χ4v) is 1.36. The van der Waals surface area contributed by atoms with Crippen molar-refractivity contribution in [2.24, 2.45) is 0 Å². The Morgan fingerprint density at radius 2 is 2.09 bits per heavy atom. The highest BCUT2D eigenvalue weighted by Crippen LogP contribution is 2.21. The molecule has 56 valence electrons. The first-order chi connectivity index (χ1) is 5.29. The summed E-state index contributed by atoms with van der Waals surface area (Å²) in [5, 5.41) is 2.90. The summed E-state index contributed by atoms with van der Waals surface area (Å²) in [7, 11) is 0. The SMILES string of the molecule is O=C1CC(=O)C2=C1C=CNC2. The molecule has 0 aromatic rings. The number of hydrogen-bond acceptors (Lipinski definition) is 3. The van der Waals surface area contributed by atoms with Crippen molar-refractivity contribution in [3.05, 3.63) is 23.4 Å². The predicted octanol–water partition coefficient (Wildman–Crippen LogP) is -0.0582. The number of ketones is 2. The van der Waals surface area contributed by atoms with Crippen LogP contribution in [-0.4, -0.2) is 18.1 Å². The van der Waals surface area contributed by atoms with Crippen molar-refractivity contribution >= 4 is 11.6 Å². The minimum Gasteiger partial charge on any atom is -0.387 e. The third-order valence-electron chi connectivity index (χ3n) is 1.93. The summed E-state index contributed by atoms with van der Waals surface area (Å²) >= 11 is 0. The van der Waals surface area contributed by atoms with Gasteiger partial charge in [-0.15, -0.1) is 0 Å². The van der Waals surface area contributed by atoms with Gasteiger partial charge >= 0.3 is 0 Å². The maximum absolute atomic E-state index is 11.1. The van der Waals surface area contributed by atoms with Gasteiger partial charge < -0.3 is 5.32 Å². The van der Waals surface area contributed by atoms with Crippen molar-refractivity contribution in [1.82, 2.24) is 5.32 Å². The minimum absolute atomic E-state index is 0.0261. The van der Waals surface area contributed by atoms with Gasteiger partial charge in [-0.25, -0.2) is 0 Å². The Morgan fingerprint density at radius 3 is 2.82 bits per heavy atom. The molecule has 0 aromatic carbocycles. The average molecular weight is 149 g/mol. The van der Waals surface area contributed by atoms with Crippen molar-refractivity contribution in [3.8, 4) is 0 Å². The largest absolute Gasteiger partial charge is 0.387 e. The van der Waals surface area contributed by atoms with Crippen molar-refractivity contribution in [3.63, 3.8) is 0 Å². The molecular weight excluding hydrogens is 142 g/mol. The Kier molecular flexibility index (Phi) is 1.18. The van der Waals surface area contributed by atoms with E-state index in [9.17, 15) is 9.59 Å². The van der Waals surface area contributed by atoms with Crippen LogP contribution < -0.4 is 5.32 Å². The molecule has 0 aromatic heterocycles. The van der Waals surface area contributed by atoms with Gasteiger partial charge in [-0.2, -0.15) is 0 Å². The monoisotopic (exact) mass is 149 g/mol. The number of rotatable bonds is 0. The lowest BCUT2D eigenvalue weighted by molar-refractivity contribution is -0.120. The zero-order valence-electron chi connectivity index (χ0n) is 5.89. The van der Waals surface area contributed by atoms with E-state index < -0.39 is 0 Å². The van der Waals surface area contributed by atoms with E-state index in [-0.39, 0.29) is 18.0 Å². The molecule has 0 spiro atoms. The molecule has 11 heavy (non-hydrogen) atoms. The summed E-state index contributed by atoms with van der Waals surface area (Å²) in [5.41, 5.74) is 1.26. The highest BCUT2D eigenvalue weighted by Gasteiger charge is 2.29. The Hall–Kier alpha value is -1.38. The van der Waals surface area contributed by atoms with Crippen LogP contribution in [0.3, 0.4) is 0 Å². The molecule has 0 atom stereocenters. The normalized spacial score (nSPS) is 22.2. The van der Waals surface area contributed by atoms with Gasteiger partial charge in [0, 0.05) is 17.7 Å². The zero-order chi connectivity index (χ0) is 7.84. The number of carbonyl (C=O) groups excluding carboxylic acids is 2. The van der Waals surface area contributed by atoms with E-state index in [4.69, 9.17) is 0 Å². The Morgan fingerprint density at radius 1 is 1.27 bits per heavy atom. The molecule has 1 N–H and O–H groups in total. The molecule has 2 rings (SSSR count). The molecule has 0 saturated heterocycles. The summed E-state index contributed by atoms with van der Waals surface area (Å²) in [6.45, 7) is 0.510. The molecule has 1 aliphatic carbocycles. The quantitative estimate of drug-likeness (QED) is 0.491. The molecule has 2 aliphatic rings. The topological polar surface area (TPSA) is 46.2 Å². The lowest BCUT2D eigenvalue weighted by Gasteiger charge is -2.06. The lowest BCUT2D eigenvalue weighted by atomic mass is 10.1. The van der Waals surface area contributed by atoms with Gasteiger partial charge in [0.1, 0.15) is 0 Å². The molecule has 3 nitrogen and oxygen atoms in total. The van der Waals surface area contributed by atoms with Gasteiger partial charge in [-0.05, 0) is 12.3 Å². The van der Waals surface area contributed by atoms with E-state index in [1.807, 2.05) is 0 Å². The number of carbonyl (C=O) groups is 2. The van der Waals surface area contributed by atoms with Crippen LogP contribution in [0.15, 0.2) is 23.4 Å². The van der Waals surface area contributed by atoms with E-state index in [2.05, 4.69) is 5.32 Å². The van der Waals surface area contributed by atoms with Crippen LogP contribution in [0.5, 0.6) is 0 Å². The third-order valence-corrected chi connectivity index (χ3v) is 1.93. The number of Topliss-reactive ketones (excluding diaryl/α,β-unsaturated/α-hetero) is 2. The first-order valence-electron chi connectivity index (χ1n) is 3.48. The number of dihydropyridines is 1. The zero-order valence-corrected chi connectivity index (χ0v) is 5.89. The smallest absolute Gasteiger partial charge is 0.171 e. The van der Waals surface area contributed by atoms with Crippen LogP contribution in [0, 0.1) is 0 Å². The molecule has 0 amide bonds. The van der Waals surface area contributed by atoms with E-state index in [0.717, 1.165) is 0 Å². The van der Waals surface area contributed by atoms with Crippen molar-refractivity contribution in [2.75, 3.05) is 6.54 Å². The predicted molar refractivity (Wildman–Crippen MR) is 38.8 cm³/mol. The standard InChI is InChI=1S/C8H7NO2/c10-7-3-8(11)6-4-9-2-1-5(6)7/h1-2,9H,3-4H2. The van der Waals surface area contributed by atoms with E-state index >= 15 is 0 Å². The fraction of sp³-hybridized carbons (Fsp3) is 0.250. The van der Waals surface area contributed by atoms with Crippen LogP contribution in [0.4, 0.5) is 0 Å². The van der Waals surface area contributed by atoms with Gasteiger partial charge in [-0.3, -0.25) is 9.59 Å². The molecule has 0 bridgehead atoms. The first-order valence-corrected chi connectivity index (χ1v) is 3.48. The lowest BCUT2D eigenvalue weighted by Crippen LogP contribution is -2.17. The molecule has 1 aliphatic heterocycles. The van der Waals surface area contributed by atoms with Gasteiger partial charge in [0.25, 0.3) is 0 Å². The second-order valence-electron chi connectivity index (χ2n) is 2.63. The molecule has 0 unspecified atom stereocenters. The van der Waals surface area contributed by atoms with E-state index in [1.54, 1.807) is 12.3 Å². The Bertz CT molecular complexity index is 299. The number of allylic oxidation sites excluding steroid dienone is 2. The summed E-state index contributed by atoms with van der Waals surface area (Å²) in [5.74, 6) is -0.0652. The fourth-order valence-electron chi connectivity index (χ4n) is 1.36. The molecular formula is C8H7NO2. The van der Waals surface area contributed by atoms with Gasteiger partial charge in [0.05, 0.1) is 6.42 Å². The summed E-state index contributed by atoms with van der Waals surface area (Å²) in [6.07, 6.45) is 3.44. The average Bonchev–Trinajstić information content (AvgIpc) is 2.30. The maximum atomic E-state index is 11.1. The highest BCUT2D eigenvalue weighted by atomic mass is 16.2. The van der Waals surface area contributed by atoms with Crippen LogP contribution in [0.2, 0.25) is 0 Å². The van der Waals surface area contributed by atoms with Gasteiger partial charge in [0.15, 0.2) is 11.6 Å². The molecule has 0 radical (unpaired) electrons. The highest BCUT2D eigenvalue weighted by molar-refractivity contribution is 6.23. The Labute approximate surface area is 63.8 Å². The molecule has 0 saturated carbocycles. The van der Waals surface area contributed by atoms with Crippen LogP contribution in [0.1, 0.15) is 6.42 Å². The van der Waals surface area contributed by atoms with Crippen LogP contribution >= 0.6 is 0 Å². The molecule has 1 heterocycles. The van der Waals surface area contributed by atoms with E-state index in [1.165, 1.54) is 0 Å². The Balaban J connectivity index is 2.49. The minimum atomic E-state index is -0.0391.